The molecule has 104 valence electrons. The van der Waals surface area contributed by atoms with Gasteiger partial charge in [-0.15, -0.1) is 0 Å². The highest BCUT2D eigenvalue weighted by atomic mass is 35.5. The number of benzene rings is 1. The third kappa shape index (κ3) is 4.37. The lowest BCUT2D eigenvalue weighted by Gasteiger charge is -2.11. The Morgan fingerprint density at radius 3 is 2.53 bits per heavy atom. The summed E-state index contributed by atoms with van der Waals surface area (Å²) in [5.41, 5.74) is 6.84. The molecule has 1 fully saturated rings. The summed E-state index contributed by atoms with van der Waals surface area (Å²) in [4.78, 5) is 11.9. The summed E-state index contributed by atoms with van der Waals surface area (Å²) in [6.45, 7) is 0.598. The minimum atomic E-state index is 0.0814. The number of hydrogen-bond acceptors (Lipinski definition) is 2. The zero-order valence-electron chi connectivity index (χ0n) is 10.7. The summed E-state index contributed by atoms with van der Waals surface area (Å²) in [6, 6.07) is 5.61. The van der Waals surface area contributed by atoms with Gasteiger partial charge in [-0.25, -0.2) is 0 Å². The lowest BCUT2D eigenvalue weighted by molar-refractivity contribution is -0.124. The van der Waals surface area contributed by atoms with Gasteiger partial charge in [-0.1, -0.05) is 23.2 Å². The van der Waals surface area contributed by atoms with Crippen molar-refractivity contribution in [1.29, 1.82) is 0 Å². The Bertz CT molecular complexity index is 445. The Hall–Kier alpha value is -0.770. The monoisotopic (exact) mass is 300 g/mol. The first kappa shape index (κ1) is 14.6. The zero-order chi connectivity index (χ0) is 13.8. The predicted octanol–water partition coefficient (Wildman–Crippen LogP) is 2.78. The van der Waals surface area contributed by atoms with Gasteiger partial charge in [0.05, 0.1) is 0 Å². The van der Waals surface area contributed by atoms with E-state index in [2.05, 4.69) is 5.32 Å². The van der Waals surface area contributed by atoms with E-state index in [4.69, 9.17) is 28.9 Å². The molecule has 0 aliphatic heterocycles. The van der Waals surface area contributed by atoms with E-state index in [-0.39, 0.29) is 17.9 Å². The van der Waals surface area contributed by atoms with Crippen LogP contribution in [0.5, 0.6) is 0 Å². The van der Waals surface area contributed by atoms with E-state index < -0.39 is 0 Å². The minimum Gasteiger partial charge on any atom is -0.356 e. The Kier molecular flexibility index (Phi) is 5.08. The van der Waals surface area contributed by atoms with Crippen LogP contribution in [0, 0.1) is 5.92 Å². The van der Waals surface area contributed by atoms with Gasteiger partial charge in [0, 0.05) is 28.5 Å². The Morgan fingerprint density at radius 2 is 1.95 bits per heavy atom. The van der Waals surface area contributed by atoms with Crippen LogP contribution >= 0.6 is 23.2 Å². The number of nitrogens with two attached hydrogens (primary N) is 1. The van der Waals surface area contributed by atoms with Crippen molar-refractivity contribution < 1.29 is 4.79 Å². The van der Waals surface area contributed by atoms with Crippen LogP contribution in [0.4, 0.5) is 0 Å². The van der Waals surface area contributed by atoms with E-state index in [1.165, 1.54) is 0 Å². The fourth-order valence-electron chi connectivity index (χ4n) is 2.48. The molecular weight excluding hydrogens is 283 g/mol. The SMILES string of the molecule is NC1CCC(C(=O)NCCc2cc(Cl)cc(Cl)c2)C1. The van der Waals surface area contributed by atoms with Crippen LogP contribution in [0.15, 0.2) is 18.2 Å². The van der Waals surface area contributed by atoms with E-state index in [0.717, 1.165) is 31.2 Å². The summed E-state index contributed by atoms with van der Waals surface area (Å²) < 4.78 is 0. The van der Waals surface area contributed by atoms with Crippen LogP contribution in [0.3, 0.4) is 0 Å². The minimum absolute atomic E-state index is 0.0814. The standard InChI is InChI=1S/C14H18Cl2N2O/c15-11-5-9(6-12(16)8-11)3-4-18-14(19)10-1-2-13(17)7-10/h5-6,8,10,13H,1-4,7,17H2,(H,18,19). The van der Waals surface area contributed by atoms with Gasteiger partial charge < -0.3 is 11.1 Å². The zero-order valence-corrected chi connectivity index (χ0v) is 12.2. The molecule has 1 aromatic rings. The van der Waals surface area contributed by atoms with E-state index >= 15 is 0 Å². The van der Waals surface area contributed by atoms with Gasteiger partial charge in [-0.05, 0) is 49.4 Å². The quantitative estimate of drug-likeness (QED) is 0.898. The number of hydrogen-bond donors (Lipinski definition) is 2. The lowest BCUT2D eigenvalue weighted by Crippen LogP contribution is -2.31. The van der Waals surface area contributed by atoms with Gasteiger partial charge in [0.2, 0.25) is 5.91 Å². The fourth-order valence-corrected chi connectivity index (χ4v) is 3.06. The van der Waals surface area contributed by atoms with Gasteiger partial charge in [-0.2, -0.15) is 0 Å². The molecule has 0 radical (unpaired) electrons. The number of nitrogens with one attached hydrogen (secondary N) is 1. The smallest absolute Gasteiger partial charge is 0.223 e. The van der Waals surface area contributed by atoms with Crippen molar-refractivity contribution in [1.82, 2.24) is 5.32 Å². The molecule has 1 amide bonds. The van der Waals surface area contributed by atoms with Gasteiger partial charge >= 0.3 is 0 Å². The highest BCUT2D eigenvalue weighted by molar-refractivity contribution is 6.34. The Balaban J connectivity index is 1.78. The molecule has 0 aromatic heterocycles. The number of carbonyl (C=O) groups excluding carboxylic acids is 1. The summed E-state index contributed by atoms with van der Waals surface area (Å²) in [5, 5.41) is 4.19. The second-order valence-electron chi connectivity index (χ2n) is 5.09. The number of carbonyl (C=O) groups is 1. The van der Waals surface area contributed by atoms with Crippen LogP contribution in [-0.4, -0.2) is 18.5 Å². The van der Waals surface area contributed by atoms with Crippen molar-refractivity contribution >= 4 is 29.1 Å². The Morgan fingerprint density at radius 1 is 1.26 bits per heavy atom. The topological polar surface area (TPSA) is 55.1 Å². The fraction of sp³-hybridized carbons (Fsp3) is 0.500. The maximum Gasteiger partial charge on any atom is 0.223 e. The van der Waals surface area contributed by atoms with E-state index in [9.17, 15) is 4.79 Å². The first-order valence-corrected chi connectivity index (χ1v) is 7.28. The second-order valence-corrected chi connectivity index (χ2v) is 5.96. The van der Waals surface area contributed by atoms with Crippen molar-refractivity contribution in [2.24, 2.45) is 11.7 Å². The van der Waals surface area contributed by atoms with Crippen LogP contribution in [0.1, 0.15) is 24.8 Å². The molecular formula is C14H18Cl2N2O. The first-order valence-electron chi connectivity index (χ1n) is 6.53. The van der Waals surface area contributed by atoms with E-state index in [1.54, 1.807) is 6.07 Å². The van der Waals surface area contributed by atoms with Crippen LogP contribution in [-0.2, 0) is 11.2 Å². The molecule has 0 saturated heterocycles. The van der Waals surface area contributed by atoms with Gasteiger partial charge in [0.25, 0.3) is 0 Å². The van der Waals surface area contributed by atoms with Crippen molar-refractivity contribution in [3.63, 3.8) is 0 Å². The Labute approximate surface area is 123 Å². The van der Waals surface area contributed by atoms with Gasteiger partial charge in [-0.3, -0.25) is 4.79 Å². The maximum atomic E-state index is 11.9. The third-order valence-corrected chi connectivity index (χ3v) is 3.92. The first-order chi connectivity index (χ1) is 9.04. The second kappa shape index (κ2) is 6.60. The molecule has 5 heteroatoms. The molecule has 2 unspecified atom stereocenters. The molecule has 3 nitrogen and oxygen atoms in total. The van der Waals surface area contributed by atoms with Gasteiger partial charge in [0.1, 0.15) is 0 Å². The van der Waals surface area contributed by atoms with Crippen molar-refractivity contribution in [3.8, 4) is 0 Å². The average molecular weight is 301 g/mol. The van der Waals surface area contributed by atoms with E-state index in [0.29, 0.717) is 16.6 Å². The third-order valence-electron chi connectivity index (χ3n) is 3.48. The van der Waals surface area contributed by atoms with Crippen LogP contribution in [0.2, 0.25) is 10.0 Å². The van der Waals surface area contributed by atoms with Crippen molar-refractivity contribution in [3.05, 3.63) is 33.8 Å². The summed E-state index contributed by atoms with van der Waals surface area (Å²) in [5.74, 6) is 0.194. The molecule has 3 N–H and O–H groups in total. The number of rotatable bonds is 4. The van der Waals surface area contributed by atoms with Gasteiger partial charge in [0.15, 0.2) is 0 Å². The van der Waals surface area contributed by atoms with Crippen LogP contribution in [0.25, 0.3) is 0 Å². The largest absolute Gasteiger partial charge is 0.356 e. The summed E-state index contributed by atoms with van der Waals surface area (Å²) in [7, 11) is 0. The van der Waals surface area contributed by atoms with Crippen molar-refractivity contribution in [2.45, 2.75) is 31.7 Å². The van der Waals surface area contributed by atoms with Crippen molar-refractivity contribution in [2.75, 3.05) is 6.54 Å². The molecule has 19 heavy (non-hydrogen) atoms. The lowest BCUT2D eigenvalue weighted by atomic mass is 10.1. The molecule has 2 rings (SSSR count). The molecule has 1 aromatic carbocycles. The predicted molar refractivity (Wildman–Crippen MR) is 78.5 cm³/mol. The highest BCUT2D eigenvalue weighted by Crippen LogP contribution is 2.24. The van der Waals surface area contributed by atoms with E-state index in [1.807, 2.05) is 12.1 Å². The number of amides is 1. The maximum absolute atomic E-state index is 11.9. The molecule has 1 aliphatic carbocycles. The highest BCUT2D eigenvalue weighted by Gasteiger charge is 2.27. The molecule has 1 aliphatic rings. The molecule has 0 heterocycles. The molecule has 0 spiro atoms. The average Bonchev–Trinajstić information content (AvgIpc) is 2.74. The summed E-state index contributed by atoms with van der Waals surface area (Å²) in [6.07, 6.45) is 3.37. The molecule has 1 saturated carbocycles. The summed E-state index contributed by atoms with van der Waals surface area (Å²) >= 11 is 11.9. The molecule has 2 atom stereocenters. The molecule has 0 bridgehead atoms. The number of halogens is 2. The van der Waals surface area contributed by atoms with Crippen LogP contribution < -0.4 is 11.1 Å². The normalized spacial score (nSPS) is 22.5.